The number of carbonyl (C=O) groups excluding carboxylic acids is 1. The van der Waals surface area contributed by atoms with Gasteiger partial charge in [0.1, 0.15) is 0 Å². The van der Waals surface area contributed by atoms with Gasteiger partial charge in [0.05, 0.1) is 4.90 Å². The fourth-order valence-corrected chi connectivity index (χ4v) is 4.61. The van der Waals surface area contributed by atoms with Crippen LogP contribution in [0.3, 0.4) is 0 Å². The number of anilines is 1. The van der Waals surface area contributed by atoms with Gasteiger partial charge in [0, 0.05) is 38.3 Å². The average Bonchev–Trinajstić information content (AvgIpc) is 3.01. The Morgan fingerprint density at radius 1 is 1.22 bits per heavy atom. The lowest BCUT2D eigenvalue weighted by Crippen LogP contribution is -2.46. The van der Waals surface area contributed by atoms with E-state index in [4.69, 9.17) is 0 Å². The molecule has 2 aliphatic rings. The van der Waals surface area contributed by atoms with Gasteiger partial charge in [-0.1, -0.05) is 0 Å². The second kappa shape index (κ2) is 6.59. The first-order valence-electron chi connectivity index (χ1n) is 8.09. The van der Waals surface area contributed by atoms with Gasteiger partial charge in [-0.2, -0.15) is 4.31 Å². The molecule has 23 heavy (non-hydrogen) atoms. The summed E-state index contributed by atoms with van der Waals surface area (Å²) in [6.45, 7) is 2.34. The third-order valence-electron chi connectivity index (χ3n) is 4.68. The minimum atomic E-state index is -3.50. The monoisotopic (exact) mass is 337 g/mol. The normalized spacial score (nSPS) is 22.8. The van der Waals surface area contributed by atoms with Crippen LogP contribution in [-0.4, -0.2) is 51.4 Å². The molecule has 0 saturated carbocycles. The van der Waals surface area contributed by atoms with Crippen molar-refractivity contribution in [2.24, 2.45) is 0 Å². The van der Waals surface area contributed by atoms with Gasteiger partial charge in [-0.05, 0) is 50.1 Å². The number of sulfonamides is 1. The lowest BCUT2D eigenvalue weighted by atomic mass is 10.1. The molecule has 0 aromatic heterocycles. The molecule has 1 amide bonds. The Morgan fingerprint density at radius 2 is 1.96 bits per heavy atom. The van der Waals surface area contributed by atoms with Crippen LogP contribution in [0.4, 0.5) is 5.69 Å². The quantitative estimate of drug-likeness (QED) is 0.896. The van der Waals surface area contributed by atoms with Gasteiger partial charge in [-0.15, -0.1) is 0 Å². The molecule has 0 bridgehead atoms. The number of benzene rings is 1. The van der Waals surface area contributed by atoms with Gasteiger partial charge in [0.25, 0.3) is 0 Å². The molecule has 1 aromatic carbocycles. The van der Waals surface area contributed by atoms with Crippen LogP contribution in [0.5, 0.6) is 0 Å². The van der Waals surface area contributed by atoms with E-state index in [1.807, 2.05) is 0 Å². The molecule has 3 rings (SSSR count). The van der Waals surface area contributed by atoms with Crippen molar-refractivity contribution < 1.29 is 13.2 Å². The summed E-state index contributed by atoms with van der Waals surface area (Å²) in [6.07, 6.45) is 3.29. The Labute approximate surface area is 137 Å². The Bertz CT molecular complexity index is 666. The summed E-state index contributed by atoms with van der Waals surface area (Å²) in [5, 5.41) is 3.24. The predicted molar refractivity (Wildman–Crippen MR) is 88.9 cm³/mol. The molecule has 2 aliphatic heterocycles. The van der Waals surface area contributed by atoms with Crippen molar-refractivity contribution in [3.8, 4) is 0 Å². The van der Waals surface area contributed by atoms with E-state index in [9.17, 15) is 13.2 Å². The zero-order chi connectivity index (χ0) is 16.4. The molecule has 7 heteroatoms. The average molecular weight is 337 g/mol. The van der Waals surface area contributed by atoms with Crippen LogP contribution in [-0.2, 0) is 14.8 Å². The highest BCUT2D eigenvalue weighted by atomic mass is 32.2. The number of likely N-dealkylation sites (N-methyl/N-ethyl adjacent to an activating group) is 1. The van der Waals surface area contributed by atoms with Gasteiger partial charge < -0.3 is 10.2 Å². The van der Waals surface area contributed by atoms with Gasteiger partial charge >= 0.3 is 0 Å². The molecule has 6 nitrogen and oxygen atoms in total. The zero-order valence-electron chi connectivity index (χ0n) is 13.4. The van der Waals surface area contributed by atoms with Gasteiger partial charge in [0.15, 0.2) is 0 Å². The highest BCUT2D eigenvalue weighted by Gasteiger charge is 2.29. The van der Waals surface area contributed by atoms with Crippen molar-refractivity contribution >= 4 is 21.6 Å². The summed E-state index contributed by atoms with van der Waals surface area (Å²) in [7, 11) is -1.86. The molecule has 1 N–H and O–H groups in total. The van der Waals surface area contributed by atoms with Crippen molar-refractivity contribution in [2.75, 3.05) is 31.6 Å². The van der Waals surface area contributed by atoms with Crippen LogP contribution < -0.4 is 10.2 Å². The number of hydrogen-bond donors (Lipinski definition) is 1. The van der Waals surface area contributed by atoms with E-state index in [-0.39, 0.29) is 16.8 Å². The van der Waals surface area contributed by atoms with Crippen molar-refractivity contribution in [1.82, 2.24) is 9.62 Å². The maximum absolute atomic E-state index is 12.7. The second-order valence-electron chi connectivity index (χ2n) is 6.16. The molecule has 1 atom stereocenters. The highest BCUT2D eigenvalue weighted by molar-refractivity contribution is 7.89. The van der Waals surface area contributed by atoms with E-state index < -0.39 is 10.0 Å². The topological polar surface area (TPSA) is 69.7 Å². The van der Waals surface area contributed by atoms with Crippen LogP contribution in [0, 0.1) is 0 Å². The fourth-order valence-electron chi connectivity index (χ4n) is 3.23. The van der Waals surface area contributed by atoms with Crippen LogP contribution in [0.25, 0.3) is 0 Å². The molecule has 1 aromatic rings. The number of piperidine rings is 1. The minimum Gasteiger partial charge on any atom is -0.315 e. The number of hydrogen-bond acceptors (Lipinski definition) is 4. The lowest BCUT2D eigenvalue weighted by Gasteiger charge is -2.31. The largest absolute Gasteiger partial charge is 0.315 e. The highest BCUT2D eigenvalue weighted by Crippen LogP contribution is 2.25. The zero-order valence-corrected chi connectivity index (χ0v) is 14.2. The molecular weight excluding hydrogens is 314 g/mol. The van der Waals surface area contributed by atoms with Crippen LogP contribution >= 0.6 is 0 Å². The van der Waals surface area contributed by atoms with E-state index in [0.717, 1.165) is 31.5 Å². The molecule has 2 saturated heterocycles. The van der Waals surface area contributed by atoms with Crippen LogP contribution in [0.2, 0.25) is 0 Å². The summed E-state index contributed by atoms with van der Waals surface area (Å²) in [5.41, 5.74) is 0.772. The molecule has 0 aliphatic carbocycles. The predicted octanol–water partition coefficient (Wildman–Crippen LogP) is 1.19. The van der Waals surface area contributed by atoms with Crippen LogP contribution in [0.1, 0.15) is 25.7 Å². The number of nitrogens with zero attached hydrogens (tertiary/aromatic N) is 2. The smallest absolute Gasteiger partial charge is 0.243 e. The van der Waals surface area contributed by atoms with E-state index in [1.165, 1.54) is 4.31 Å². The lowest BCUT2D eigenvalue weighted by molar-refractivity contribution is -0.117. The number of rotatable bonds is 4. The van der Waals surface area contributed by atoms with E-state index in [0.29, 0.717) is 19.5 Å². The summed E-state index contributed by atoms with van der Waals surface area (Å²) < 4.78 is 27.0. The molecule has 2 heterocycles. The van der Waals surface area contributed by atoms with Gasteiger partial charge in [-0.3, -0.25) is 4.79 Å². The van der Waals surface area contributed by atoms with E-state index >= 15 is 0 Å². The standard InChI is InChI=1S/C16H23N3O3S/c1-18(14-4-2-10-17-12-14)23(21,22)15-8-6-13(7-9-15)19-11-3-5-16(19)20/h6-9,14,17H,2-5,10-12H2,1H3. The Balaban J connectivity index is 1.78. The first kappa shape index (κ1) is 16.4. The number of amides is 1. The number of nitrogens with one attached hydrogen (secondary N) is 1. The summed E-state index contributed by atoms with van der Waals surface area (Å²) in [5.74, 6) is 0.103. The third-order valence-corrected chi connectivity index (χ3v) is 6.61. The molecule has 126 valence electrons. The van der Waals surface area contributed by atoms with Crippen molar-refractivity contribution in [3.05, 3.63) is 24.3 Å². The van der Waals surface area contributed by atoms with Crippen molar-refractivity contribution in [3.63, 3.8) is 0 Å². The summed E-state index contributed by atoms with van der Waals surface area (Å²) >= 11 is 0. The second-order valence-corrected chi connectivity index (χ2v) is 8.16. The van der Waals surface area contributed by atoms with Crippen molar-refractivity contribution in [1.29, 1.82) is 0 Å². The van der Waals surface area contributed by atoms with E-state index in [2.05, 4.69) is 5.32 Å². The molecular formula is C16H23N3O3S. The van der Waals surface area contributed by atoms with Crippen molar-refractivity contribution in [2.45, 2.75) is 36.6 Å². The Hall–Kier alpha value is -1.44. The third kappa shape index (κ3) is 3.27. The molecule has 2 fully saturated rings. The Morgan fingerprint density at radius 3 is 2.52 bits per heavy atom. The van der Waals surface area contributed by atoms with Gasteiger partial charge in [0.2, 0.25) is 15.9 Å². The summed E-state index contributed by atoms with van der Waals surface area (Å²) in [4.78, 5) is 13.8. The summed E-state index contributed by atoms with van der Waals surface area (Å²) in [6, 6.07) is 6.65. The van der Waals surface area contributed by atoms with Crippen LogP contribution in [0.15, 0.2) is 29.2 Å². The SMILES string of the molecule is CN(C1CCCNC1)S(=O)(=O)c1ccc(N2CCCC2=O)cc1. The Kier molecular flexibility index (Phi) is 4.70. The first-order valence-corrected chi connectivity index (χ1v) is 9.53. The molecule has 0 radical (unpaired) electrons. The fraction of sp³-hybridized carbons (Fsp3) is 0.562. The maximum Gasteiger partial charge on any atom is 0.243 e. The maximum atomic E-state index is 12.7. The van der Waals surface area contributed by atoms with Gasteiger partial charge in [-0.25, -0.2) is 8.42 Å². The van der Waals surface area contributed by atoms with E-state index in [1.54, 1.807) is 36.2 Å². The minimum absolute atomic E-state index is 0.00594. The molecule has 1 unspecified atom stereocenters. The molecule has 0 spiro atoms. The number of carbonyl (C=O) groups is 1. The first-order chi connectivity index (χ1) is 11.0.